The Morgan fingerprint density at radius 3 is 3.00 bits per heavy atom. The molecule has 0 amide bonds. The maximum absolute atomic E-state index is 11.0. The average Bonchev–Trinajstić information content (AvgIpc) is 2.96. The molecule has 8 heteroatoms. The maximum Gasteiger partial charge on any atom is 0.292 e. The van der Waals surface area contributed by atoms with E-state index in [9.17, 15) is 10.1 Å². The van der Waals surface area contributed by atoms with Crippen LogP contribution in [0.5, 0.6) is 0 Å². The summed E-state index contributed by atoms with van der Waals surface area (Å²) in [5.74, 6) is 0.716. The highest BCUT2D eigenvalue weighted by molar-refractivity contribution is 8.00. The van der Waals surface area contributed by atoms with Crippen LogP contribution in [-0.4, -0.2) is 21.7 Å². The Bertz CT molecular complexity index is 575. The number of nitro benzene ring substituents is 1. The number of nitrogens with zero attached hydrogens (tertiary/aromatic N) is 3. The highest BCUT2D eigenvalue weighted by atomic mass is 32.2. The molecule has 20 heavy (non-hydrogen) atoms. The molecule has 0 atom stereocenters. The minimum atomic E-state index is -0.361. The first-order valence-corrected chi connectivity index (χ1v) is 7.97. The van der Waals surface area contributed by atoms with Gasteiger partial charge < -0.3 is 5.32 Å². The lowest BCUT2D eigenvalue weighted by Crippen LogP contribution is -2.03. The first kappa shape index (κ1) is 14.7. The molecule has 0 spiro atoms. The van der Waals surface area contributed by atoms with E-state index >= 15 is 0 Å². The first-order valence-electron chi connectivity index (χ1n) is 6.11. The Hall–Kier alpha value is -1.67. The number of hydrogen-bond acceptors (Lipinski definition) is 7. The Labute approximate surface area is 124 Å². The van der Waals surface area contributed by atoms with Crippen molar-refractivity contribution in [3.8, 4) is 0 Å². The number of hydrogen-bond donors (Lipinski definition) is 1. The van der Waals surface area contributed by atoms with Gasteiger partial charge in [0.05, 0.1) is 4.92 Å². The van der Waals surface area contributed by atoms with Crippen molar-refractivity contribution in [2.45, 2.75) is 23.4 Å². The second-order valence-corrected chi connectivity index (χ2v) is 6.08. The molecular weight excluding hydrogens is 296 g/mol. The van der Waals surface area contributed by atoms with Crippen LogP contribution in [0, 0.1) is 10.1 Å². The van der Waals surface area contributed by atoms with Gasteiger partial charge in [0.25, 0.3) is 5.69 Å². The van der Waals surface area contributed by atoms with E-state index in [1.165, 1.54) is 11.3 Å². The van der Waals surface area contributed by atoms with Gasteiger partial charge in [-0.3, -0.25) is 10.1 Å². The van der Waals surface area contributed by atoms with Gasteiger partial charge in [-0.05, 0) is 18.1 Å². The summed E-state index contributed by atoms with van der Waals surface area (Å²) in [6.07, 6.45) is 0.918. The van der Waals surface area contributed by atoms with Gasteiger partial charge in [0.15, 0.2) is 4.34 Å². The molecule has 0 radical (unpaired) electrons. The quantitative estimate of drug-likeness (QED) is 0.478. The molecule has 1 aromatic heterocycles. The zero-order valence-electron chi connectivity index (χ0n) is 10.9. The van der Waals surface area contributed by atoms with Gasteiger partial charge in [-0.25, -0.2) is 0 Å². The predicted octanol–water partition coefficient (Wildman–Crippen LogP) is 3.56. The largest absolute Gasteiger partial charge is 0.379 e. The van der Waals surface area contributed by atoms with E-state index in [1.807, 2.05) is 13.0 Å². The number of nitro groups is 1. The number of thioether (sulfide) groups is 1. The molecule has 1 aromatic carbocycles. The average molecular weight is 310 g/mol. The van der Waals surface area contributed by atoms with E-state index in [2.05, 4.69) is 15.5 Å². The van der Waals surface area contributed by atoms with Crippen LogP contribution >= 0.6 is 23.1 Å². The normalized spacial score (nSPS) is 10.4. The lowest BCUT2D eigenvalue weighted by molar-refractivity contribution is -0.384. The van der Waals surface area contributed by atoms with E-state index in [1.54, 1.807) is 29.4 Å². The molecule has 1 heterocycles. The Balaban J connectivity index is 2.11. The third kappa shape index (κ3) is 3.91. The third-order valence-corrected chi connectivity index (χ3v) is 4.46. The molecule has 2 rings (SSSR count). The fourth-order valence-corrected chi connectivity index (χ4v) is 3.04. The minimum Gasteiger partial charge on any atom is -0.379 e. The number of anilines is 1. The molecule has 106 valence electrons. The SMILES string of the molecule is CCCNc1cc(CSc2nncs2)ccc1[N+](=O)[O-]. The van der Waals surface area contributed by atoms with Crippen molar-refractivity contribution in [1.29, 1.82) is 0 Å². The number of aromatic nitrogens is 2. The molecule has 0 aliphatic carbocycles. The number of nitrogens with one attached hydrogen (secondary N) is 1. The molecule has 0 aliphatic rings. The number of benzene rings is 1. The zero-order valence-corrected chi connectivity index (χ0v) is 12.5. The molecular formula is C12H14N4O2S2. The topological polar surface area (TPSA) is 81.0 Å². The van der Waals surface area contributed by atoms with Crippen LogP contribution in [0.3, 0.4) is 0 Å². The van der Waals surface area contributed by atoms with Gasteiger partial charge in [-0.15, -0.1) is 10.2 Å². The van der Waals surface area contributed by atoms with Crippen LogP contribution < -0.4 is 5.32 Å². The van der Waals surface area contributed by atoms with E-state index < -0.39 is 0 Å². The summed E-state index contributed by atoms with van der Waals surface area (Å²) in [4.78, 5) is 10.6. The second-order valence-electron chi connectivity index (χ2n) is 4.03. The highest BCUT2D eigenvalue weighted by Crippen LogP contribution is 2.29. The molecule has 0 unspecified atom stereocenters. The van der Waals surface area contributed by atoms with E-state index in [-0.39, 0.29) is 10.6 Å². The van der Waals surface area contributed by atoms with Gasteiger partial charge in [0, 0.05) is 18.4 Å². The van der Waals surface area contributed by atoms with Crippen molar-refractivity contribution in [3.63, 3.8) is 0 Å². The van der Waals surface area contributed by atoms with Gasteiger partial charge in [-0.2, -0.15) is 0 Å². The van der Waals surface area contributed by atoms with Gasteiger partial charge >= 0.3 is 0 Å². The molecule has 0 saturated carbocycles. The summed E-state index contributed by atoms with van der Waals surface area (Å²) in [5, 5.41) is 21.8. The summed E-state index contributed by atoms with van der Waals surface area (Å²) >= 11 is 3.06. The molecule has 1 N–H and O–H groups in total. The molecule has 0 fully saturated rings. The van der Waals surface area contributed by atoms with Crippen molar-refractivity contribution in [2.24, 2.45) is 0 Å². The van der Waals surface area contributed by atoms with E-state index in [4.69, 9.17) is 0 Å². The molecule has 0 aliphatic heterocycles. The molecule has 2 aromatic rings. The minimum absolute atomic E-state index is 0.114. The lowest BCUT2D eigenvalue weighted by Gasteiger charge is -2.07. The second kappa shape index (κ2) is 7.20. The van der Waals surface area contributed by atoms with Gasteiger partial charge in [-0.1, -0.05) is 36.1 Å². The number of rotatable bonds is 7. The predicted molar refractivity (Wildman–Crippen MR) is 81.3 cm³/mol. The van der Waals surface area contributed by atoms with Gasteiger partial charge in [0.2, 0.25) is 0 Å². The lowest BCUT2D eigenvalue weighted by atomic mass is 10.2. The van der Waals surface area contributed by atoms with Crippen LogP contribution in [0.15, 0.2) is 28.0 Å². The van der Waals surface area contributed by atoms with Crippen LogP contribution in [0.25, 0.3) is 0 Å². The fraction of sp³-hybridized carbons (Fsp3) is 0.333. The van der Waals surface area contributed by atoms with Crippen LogP contribution in [-0.2, 0) is 5.75 Å². The van der Waals surface area contributed by atoms with E-state index in [0.29, 0.717) is 18.0 Å². The maximum atomic E-state index is 11.0. The van der Waals surface area contributed by atoms with Crippen molar-refractivity contribution in [1.82, 2.24) is 10.2 Å². The fourth-order valence-electron chi connectivity index (χ4n) is 1.60. The summed E-state index contributed by atoms with van der Waals surface area (Å²) in [5.41, 5.74) is 3.40. The summed E-state index contributed by atoms with van der Waals surface area (Å²) in [6.45, 7) is 2.74. The van der Waals surface area contributed by atoms with Crippen molar-refractivity contribution < 1.29 is 4.92 Å². The molecule has 6 nitrogen and oxygen atoms in total. The van der Waals surface area contributed by atoms with Crippen LogP contribution in [0.1, 0.15) is 18.9 Å². The highest BCUT2D eigenvalue weighted by Gasteiger charge is 2.13. The monoisotopic (exact) mass is 310 g/mol. The van der Waals surface area contributed by atoms with Crippen LogP contribution in [0.4, 0.5) is 11.4 Å². The van der Waals surface area contributed by atoms with Crippen molar-refractivity contribution in [2.75, 3.05) is 11.9 Å². The van der Waals surface area contributed by atoms with Crippen LogP contribution in [0.2, 0.25) is 0 Å². The standard InChI is InChI=1S/C12H14N4O2S2/c1-2-5-13-10-6-9(3-4-11(10)16(17)18)7-19-12-15-14-8-20-12/h3-4,6,8,13H,2,5,7H2,1H3. The molecule has 0 saturated heterocycles. The third-order valence-electron chi connectivity index (χ3n) is 2.53. The Kier molecular flexibility index (Phi) is 5.31. The van der Waals surface area contributed by atoms with Gasteiger partial charge in [0.1, 0.15) is 11.2 Å². The van der Waals surface area contributed by atoms with E-state index in [0.717, 1.165) is 16.3 Å². The molecule has 0 bridgehead atoms. The Morgan fingerprint density at radius 1 is 1.50 bits per heavy atom. The summed E-state index contributed by atoms with van der Waals surface area (Å²) < 4.78 is 0.895. The smallest absolute Gasteiger partial charge is 0.292 e. The summed E-state index contributed by atoms with van der Waals surface area (Å²) in [6, 6.07) is 5.17. The van der Waals surface area contributed by atoms with Crippen molar-refractivity contribution in [3.05, 3.63) is 39.4 Å². The first-order chi connectivity index (χ1) is 9.70. The zero-order chi connectivity index (χ0) is 14.4. The van der Waals surface area contributed by atoms with Crippen molar-refractivity contribution >= 4 is 34.5 Å². The summed E-state index contributed by atoms with van der Waals surface area (Å²) in [7, 11) is 0. The Morgan fingerprint density at radius 2 is 2.35 bits per heavy atom.